The van der Waals surface area contributed by atoms with Gasteiger partial charge < -0.3 is 15.2 Å². The monoisotopic (exact) mass is 229 g/mol. The molecule has 3 unspecified atom stereocenters. The predicted octanol–water partition coefficient (Wildman–Crippen LogP) is 2.33. The van der Waals surface area contributed by atoms with Gasteiger partial charge in [-0.2, -0.15) is 0 Å². The molecule has 0 spiro atoms. The summed E-state index contributed by atoms with van der Waals surface area (Å²) in [7, 11) is 0. The molecule has 3 nitrogen and oxygen atoms in total. The van der Waals surface area contributed by atoms with E-state index in [2.05, 4.69) is 13.8 Å². The highest BCUT2D eigenvalue weighted by atomic mass is 16.5. The molecule has 3 heteroatoms. The minimum Gasteiger partial charge on any atom is -0.378 e. The summed E-state index contributed by atoms with van der Waals surface area (Å²) < 4.78 is 11.3. The van der Waals surface area contributed by atoms with Crippen molar-refractivity contribution in [1.29, 1.82) is 0 Å². The first-order chi connectivity index (χ1) is 7.65. The summed E-state index contributed by atoms with van der Waals surface area (Å²) in [4.78, 5) is 0. The Hall–Kier alpha value is -0.120. The molecule has 1 heterocycles. The molecule has 0 saturated carbocycles. The maximum atomic E-state index is 6.20. The lowest BCUT2D eigenvalue weighted by Crippen LogP contribution is -2.41. The molecule has 0 bridgehead atoms. The Labute approximate surface area is 99.7 Å². The van der Waals surface area contributed by atoms with Crippen molar-refractivity contribution in [1.82, 2.24) is 0 Å². The standard InChI is InChI=1S/C13H27NO2/c1-4-15-13(10(2)3)12(14)8-7-11-6-5-9-16-11/h10-13H,4-9,14H2,1-3H3. The first-order valence-electron chi connectivity index (χ1n) is 6.64. The fourth-order valence-electron chi connectivity index (χ4n) is 2.42. The van der Waals surface area contributed by atoms with Gasteiger partial charge in [-0.1, -0.05) is 13.8 Å². The second kappa shape index (κ2) is 7.25. The van der Waals surface area contributed by atoms with Crippen molar-refractivity contribution in [3.63, 3.8) is 0 Å². The van der Waals surface area contributed by atoms with E-state index in [1.165, 1.54) is 12.8 Å². The number of nitrogens with two attached hydrogens (primary N) is 1. The van der Waals surface area contributed by atoms with Gasteiger partial charge >= 0.3 is 0 Å². The Morgan fingerprint density at radius 3 is 2.69 bits per heavy atom. The van der Waals surface area contributed by atoms with Crippen molar-refractivity contribution < 1.29 is 9.47 Å². The molecule has 1 aliphatic rings. The molecular weight excluding hydrogens is 202 g/mol. The van der Waals surface area contributed by atoms with Crippen LogP contribution in [0.3, 0.4) is 0 Å². The van der Waals surface area contributed by atoms with E-state index in [-0.39, 0.29) is 12.1 Å². The third kappa shape index (κ3) is 4.40. The summed E-state index contributed by atoms with van der Waals surface area (Å²) in [5.74, 6) is 0.486. The van der Waals surface area contributed by atoms with E-state index in [4.69, 9.17) is 15.2 Å². The average molecular weight is 229 g/mol. The van der Waals surface area contributed by atoms with Gasteiger partial charge in [-0.25, -0.2) is 0 Å². The Bertz CT molecular complexity index is 179. The molecule has 0 amide bonds. The van der Waals surface area contributed by atoms with Crippen LogP contribution in [0.25, 0.3) is 0 Å². The molecule has 0 aliphatic carbocycles. The second-order valence-electron chi connectivity index (χ2n) is 5.04. The highest BCUT2D eigenvalue weighted by Gasteiger charge is 2.23. The van der Waals surface area contributed by atoms with E-state index < -0.39 is 0 Å². The van der Waals surface area contributed by atoms with Crippen LogP contribution in [-0.4, -0.2) is 31.5 Å². The summed E-state index contributed by atoms with van der Waals surface area (Å²) >= 11 is 0. The maximum absolute atomic E-state index is 6.20. The molecule has 1 saturated heterocycles. The molecule has 3 atom stereocenters. The lowest BCUT2D eigenvalue weighted by atomic mass is 9.95. The van der Waals surface area contributed by atoms with Gasteiger partial charge in [-0.3, -0.25) is 0 Å². The largest absolute Gasteiger partial charge is 0.378 e. The zero-order chi connectivity index (χ0) is 12.0. The van der Waals surface area contributed by atoms with E-state index in [9.17, 15) is 0 Å². The smallest absolute Gasteiger partial charge is 0.0748 e. The molecule has 0 aromatic rings. The fourth-order valence-corrected chi connectivity index (χ4v) is 2.42. The summed E-state index contributed by atoms with van der Waals surface area (Å²) in [5, 5.41) is 0. The second-order valence-corrected chi connectivity index (χ2v) is 5.04. The number of hydrogen-bond donors (Lipinski definition) is 1. The first-order valence-corrected chi connectivity index (χ1v) is 6.64. The van der Waals surface area contributed by atoms with Crippen molar-refractivity contribution in [2.45, 2.75) is 64.7 Å². The van der Waals surface area contributed by atoms with Gasteiger partial charge in [0.25, 0.3) is 0 Å². The van der Waals surface area contributed by atoms with E-state index in [1.807, 2.05) is 6.92 Å². The minimum absolute atomic E-state index is 0.143. The fraction of sp³-hybridized carbons (Fsp3) is 1.00. The van der Waals surface area contributed by atoms with E-state index in [0.717, 1.165) is 26.1 Å². The lowest BCUT2D eigenvalue weighted by molar-refractivity contribution is 0.00647. The highest BCUT2D eigenvalue weighted by molar-refractivity contribution is 4.78. The van der Waals surface area contributed by atoms with Crippen molar-refractivity contribution >= 4 is 0 Å². The Morgan fingerprint density at radius 2 is 2.19 bits per heavy atom. The van der Waals surface area contributed by atoms with Gasteiger partial charge in [0.05, 0.1) is 12.2 Å². The lowest BCUT2D eigenvalue weighted by Gasteiger charge is -2.27. The van der Waals surface area contributed by atoms with Gasteiger partial charge in [0.2, 0.25) is 0 Å². The van der Waals surface area contributed by atoms with Crippen LogP contribution in [-0.2, 0) is 9.47 Å². The highest BCUT2D eigenvalue weighted by Crippen LogP contribution is 2.20. The van der Waals surface area contributed by atoms with E-state index in [1.54, 1.807) is 0 Å². The molecular formula is C13H27NO2. The SMILES string of the molecule is CCOC(C(C)C)C(N)CCC1CCCO1. The molecule has 1 fully saturated rings. The molecule has 16 heavy (non-hydrogen) atoms. The van der Waals surface area contributed by atoms with Crippen molar-refractivity contribution in [3.05, 3.63) is 0 Å². The summed E-state index contributed by atoms with van der Waals surface area (Å²) in [6, 6.07) is 0.143. The van der Waals surface area contributed by atoms with Gasteiger partial charge in [0.1, 0.15) is 0 Å². The normalized spacial score (nSPS) is 24.9. The molecule has 0 aromatic carbocycles. The van der Waals surface area contributed by atoms with Crippen LogP contribution in [0, 0.1) is 5.92 Å². The third-order valence-corrected chi connectivity index (χ3v) is 3.28. The number of rotatable bonds is 7. The van der Waals surface area contributed by atoms with Crippen LogP contribution < -0.4 is 5.73 Å². The zero-order valence-electron chi connectivity index (χ0n) is 10.9. The summed E-state index contributed by atoms with van der Waals surface area (Å²) in [5.41, 5.74) is 6.20. The van der Waals surface area contributed by atoms with Gasteiger partial charge in [0.15, 0.2) is 0 Å². The van der Waals surface area contributed by atoms with Crippen molar-refractivity contribution in [2.24, 2.45) is 11.7 Å². The molecule has 96 valence electrons. The Kier molecular flexibility index (Phi) is 6.32. The predicted molar refractivity (Wildman–Crippen MR) is 66.4 cm³/mol. The summed E-state index contributed by atoms with van der Waals surface area (Å²) in [6.45, 7) is 8.05. The van der Waals surface area contributed by atoms with Gasteiger partial charge in [0, 0.05) is 19.3 Å². The van der Waals surface area contributed by atoms with Gasteiger partial charge in [-0.15, -0.1) is 0 Å². The molecule has 1 rings (SSSR count). The third-order valence-electron chi connectivity index (χ3n) is 3.28. The average Bonchev–Trinajstić information content (AvgIpc) is 2.75. The van der Waals surface area contributed by atoms with Gasteiger partial charge in [-0.05, 0) is 38.5 Å². The van der Waals surface area contributed by atoms with Crippen molar-refractivity contribution in [3.8, 4) is 0 Å². The molecule has 0 radical (unpaired) electrons. The van der Waals surface area contributed by atoms with Crippen molar-refractivity contribution in [2.75, 3.05) is 13.2 Å². The number of ether oxygens (including phenoxy) is 2. The van der Waals surface area contributed by atoms with Crippen LogP contribution in [0.1, 0.15) is 46.5 Å². The van der Waals surface area contributed by atoms with E-state index in [0.29, 0.717) is 12.0 Å². The van der Waals surface area contributed by atoms with Crippen LogP contribution in [0.2, 0.25) is 0 Å². The van der Waals surface area contributed by atoms with Crippen LogP contribution in [0.4, 0.5) is 0 Å². The Morgan fingerprint density at radius 1 is 1.44 bits per heavy atom. The Balaban J connectivity index is 2.27. The number of hydrogen-bond acceptors (Lipinski definition) is 3. The van der Waals surface area contributed by atoms with E-state index >= 15 is 0 Å². The first kappa shape index (κ1) is 13.9. The maximum Gasteiger partial charge on any atom is 0.0748 e. The zero-order valence-corrected chi connectivity index (χ0v) is 10.9. The van der Waals surface area contributed by atoms with Crippen LogP contribution >= 0.6 is 0 Å². The quantitative estimate of drug-likeness (QED) is 0.728. The molecule has 2 N–H and O–H groups in total. The molecule has 1 aliphatic heterocycles. The minimum atomic E-state index is 0.143. The summed E-state index contributed by atoms with van der Waals surface area (Å²) in [6.07, 6.45) is 5.13. The molecule has 0 aromatic heterocycles. The topological polar surface area (TPSA) is 44.5 Å². The van der Waals surface area contributed by atoms with Crippen LogP contribution in [0.5, 0.6) is 0 Å². The van der Waals surface area contributed by atoms with Crippen LogP contribution in [0.15, 0.2) is 0 Å².